The standard InChI is InChI=1S/C52H69N9O8/c1-10-60-43-16-15-33-25-38(43)39(46(60)37-13-11-18-53-44(37)31(4)68-9)26-52(5,6)29-69-50(66)40-14-12-19-61(56-40)49(65)41(23-32-21-34(33)24-36(62)22-32)55-47(63)45(30(2)3)58(8)51(67)59-20-17-35(28-59)57(7)48(64)42-27-54-42/h11,13,15-16,18,21-22,24-25,30-31,35,40-42,45,54,56,62H,10,12,14,17,19-20,23,26-29H2,1-9H3,(H,55,63)/t31-,35+,40-,41-,42-,45?/m0/s1. The van der Waals surface area contributed by atoms with Crippen LogP contribution in [0.1, 0.15) is 83.7 Å². The molecule has 3 fully saturated rings. The zero-order chi connectivity index (χ0) is 49.5. The van der Waals surface area contributed by atoms with E-state index in [4.69, 9.17) is 14.5 Å². The van der Waals surface area contributed by atoms with Gasteiger partial charge in [-0.15, -0.1) is 0 Å². The summed E-state index contributed by atoms with van der Waals surface area (Å²) in [6, 6.07) is 11.9. The number of hydrogen-bond donors (Lipinski definition) is 4. The van der Waals surface area contributed by atoms with Crippen molar-refractivity contribution in [3.05, 3.63) is 71.5 Å². The maximum atomic E-state index is 14.8. The molecule has 0 radical (unpaired) electrons. The largest absolute Gasteiger partial charge is 0.508 e. The number of nitrogens with zero attached hydrogens (tertiary/aromatic N) is 6. The molecule has 4 aliphatic heterocycles. The first kappa shape index (κ1) is 49.4. The van der Waals surface area contributed by atoms with E-state index in [-0.39, 0.29) is 61.4 Å². The zero-order valence-corrected chi connectivity index (χ0v) is 41.5. The molecule has 2 aromatic carbocycles. The first-order valence-electron chi connectivity index (χ1n) is 24.4. The number of phenols is 1. The highest BCUT2D eigenvalue weighted by Gasteiger charge is 2.41. The number of carbonyl (C=O) groups is 5. The third kappa shape index (κ3) is 10.3. The van der Waals surface area contributed by atoms with Gasteiger partial charge >= 0.3 is 12.0 Å². The van der Waals surface area contributed by atoms with E-state index in [1.54, 1.807) is 49.3 Å². The Morgan fingerprint density at radius 2 is 1.81 bits per heavy atom. The number of urea groups is 1. The first-order chi connectivity index (χ1) is 32.9. The summed E-state index contributed by atoms with van der Waals surface area (Å²) < 4.78 is 14.2. The Morgan fingerprint density at radius 3 is 2.52 bits per heavy atom. The van der Waals surface area contributed by atoms with Crippen molar-refractivity contribution in [3.63, 3.8) is 0 Å². The van der Waals surface area contributed by atoms with Crippen LogP contribution >= 0.6 is 0 Å². The number of cyclic esters (lactones) is 1. The Bertz CT molecular complexity index is 2610. The molecule has 6 bridgehead atoms. The van der Waals surface area contributed by atoms with Crippen LogP contribution in [0.15, 0.2) is 54.7 Å². The normalized spacial score (nSPS) is 22.5. The van der Waals surface area contributed by atoms with Gasteiger partial charge in [0, 0.05) is 88.4 Å². The van der Waals surface area contributed by atoms with Crippen molar-refractivity contribution in [2.24, 2.45) is 11.3 Å². The minimum absolute atomic E-state index is 0.00484. The SMILES string of the molecule is CCn1c(-c2cccnc2[C@H](C)OC)c2c3cc(ccc31)-c1cc(O)cc(c1)C[C@H](NC(=O)C(C(C)C)N(C)C(=O)N1CC[C@@H](N(C)C(=O)[C@@H]3CN3)C1)C(=O)N1CCC[C@H](N1)C(=O)OCC(C)(C)C2. The topological polar surface area (TPSA) is 201 Å². The van der Waals surface area contributed by atoms with Crippen LogP contribution in [0.3, 0.4) is 0 Å². The second-order valence-electron chi connectivity index (χ2n) is 20.4. The number of phenolic OH excluding ortho intramolecular Hbond substituents is 1. The maximum absolute atomic E-state index is 14.8. The Morgan fingerprint density at radius 1 is 1.04 bits per heavy atom. The van der Waals surface area contributed by atoms with Gasteiger partial charge in [0.1, 0.15) is 23.9 Å². The lowest BCUT2D eigenvalue weighted by molar-refractivity contribution is -0.155. The number of aromatic nitrogens is 2. The monoisotopic (exact) mass is 948 g/mol. The van der Waals surface area contributed by atoms with Crippen molar-refractivity contribution in [2.75, 3.05) is 54.0 Å². The zero-order valence-electron chi connectivity index (χ0n) is 41.5. The number of pyridine rings is 1. The fourth-order valence-electron chi connectivity index (χ4n) is 10.5. The van der Waals surface area contributed by atoms with E-state index in [1.807, 2.05) is 39.0 Å². The van der Waals surface area contributed by atoms with Gasteiger partial charge in [-0.1, -0.05) is 39.8 Å². The number of hydrazine groups is 1. The molecule has 2 aromatic heterocycles. The number of likely N-dealkylation sites (tertiary alicyclic amines) is 1. The number of nitrogens with one attached hydrogen (secondary N) is 3. The van der Waals surface area contributed by atoms with E-state index in [0.29, 0.717) is 57.4 Å². The number of methoxy groups -OCH3 is 1. The minimum atomic E-state index is -1.16. The number of rotatable bonds is 10. The molecule has 8 rings (SSSR count). The highest BCUT2D eigenvalue weighted by atomic mass is 16.5. The van der Waals surface area contributed by atoms with Crippen molar-refractivity contribution in [1.82, 2.24) is 45.3 Å². The fourth-order valence-corrected chi connectivity index (χ4v) is 10.5. The molecular formula is C52H69N9O8. The van der Waals surface area contributed by atoms with Gasteiger partial charge in [-0.2, -0.15) is 0 Å². The molecule has 6 atom stereocenters. The lowest BCUT2D eigenvalue weighted by Gasteiger charge is -2.37. The van der Waals surface area contributed by atoms with Crippen LogP contribution in [0.4, 0.5) is 4.79 Å². The molecule has 17 heteroatoms. The van der Waals surface area contributed by atoms with Crippen molar-refractivity contribution in [2.45, 2.75) is 117 Å². The van der Waals surface area contributed by atoms with E-state index < -0.39 is 41.3 Å². The highest BCUT2D eigenvalue weighted by Crippen LogP contribution is 2.42. The van der Waals surface area contributed by atoms with Crippen molar-refractivity contribution in [3.8, 4) is 28.1 Å². The van der Waals surface area contributed by atoms with Gasteiger partial charge in [-0.25, -0.2) is 10.2 Å². The number of ether oxygens (including phenoxy) is 2. The number of hydrogen-bond acceptors (Lipinski definition) is 11. The average Bonchev–Trinajstić information content (AvgIpc) is 3.99. The summed E-state index contributed by atoms with van der Waals surface area (Å²) in [6.07, 6.45) is 3.59. The predicted octanol–water partition coefficient (Wildman–Crippen LogP) is 5.03. The summed E-state index contributed by atoms with van der Waals surface area (Å²) in [5.74, 6) is -1.83. The molecule has 1 unspecified atom stereocenters. The molecule has 0 aliphatic carbocycles. The molecule has 6 heterocycles. The molecule has 370 valence electrons. The number of esters is 1. The van der Waals surface area contributed by atoms with Crippen molar-refractivity contribution < 1.29 is 38.6 Å². The first-order valence-corrected chi connectivity index (χ1v) is 24.4. The molecule has 3 saturated heterocycles. The van der Waals surface area contributed by atoms with Gasteiger partial charge < -0.3 is 44.5 Å². The highest BCUT2D eigenvalue weighted by molar-refractivity contribution is 5.96. The summed E-state index contributed by atoms with van der Waals surface area (Å²) in [4.78, 5) is 79.9. The van der Waals surface area contributed by atoms with Crippen molar-refractivity contribution >= 4 is 40.6 Å². The molecule has 69 heavy (non-hydrogen) atoms. The van der Waals surface area contributed by atoms with Crippen LogP contribution in [0.25, 0.3) is 33.3 Å². The Balaban J connectivity index is 1.16. The second-order valence-corrected chi connectivity index (χ2v) is 20.4. The Hall–Kier alpha value is -6.04. The smallest absolute Gasteiger partial charge is 0.324 e. The molecule has 4 aromatic rings. The molecule has 0 spiro atoms. The van der Waals surface area contributed by atoms with Gasteiger partial charge in [0.05, 0.1) is 36.2 Å². The Kier molecular flexibility index (Phi) is 14.4. The lowest BCUT2D eigenvalue weighted by Crippen LogP contribution is -2.62. The van der Waals surface area contributed by atoms with Crippen LogP contribution in [-0.2, 0) is 48.0 Å². The number of amides is 5. The number of fused-ring (bicyclic) bond motifs is 6. The molecule has 5 amide bonds. The van der Waals surface area contributed by atoms with Gasteiger partial charge in [-0.05, 0) is 104 Å². The number of aryl methyl sites for hydroxylation is 1. The molecule has 17 nitrogen and oxygen atoms in total. The number of benzene rings is 2. The second kappa shape index (κ2) is 20.1. The van der Waals surface area contributed by atoms with Crippen LogP contribution in [0.5, 0.6) is 5.75 Å². The molecule has 0 saturated carbocycles. The summed E-state index contributed by atoms with van der Waals surface area (Å²) in [7, 11) is 5.03. The molecular weight excluding hydrogens is 879 g/mol. The number of carbonyl (C=O) groups excluding carboxylic acids is 5. The minimum Gasteiger partial charge on any atom is -0.508 e. The summed E-state index contributed by atoms with van der Waals surface area (Å²) in [5.41, 5.74) is 9.56. The van der Waals surface area contributed by atoms with Crippen molar-refractivity contribution in [1.29, 1.82) is 0 Å². The maximum Gasteiger partial charge on any atom is 0.324 e. The third-order valence-electron chi connectivity index (χ3n) is 14.3. The predicted molar refractivity (Wildman–Crippen MR) is 262 cm³/mol. The van der Waals surface area contributed by atoms with Gasteiger partial charge in [0.2, 0.25) is 11.8 Å². The summed E-state index contributed by atoms with van der Waals surface area (Å²) >= 11 is 0. The summed E-state index contributed by atoms with van der Waals surface area (Å²) in [6.45, 7) is 14.4. The fraction of sp³-hybridized carbons (Fsp3) is 0.538. The summed E-state index contributed by atoms with van der Waals surface area (Å²) in [5, 5.41) is 19.8. The van der Waals surface area contributed by atoms with Crippen LogP contribution in [-0.4, -0.2) is 148 Å². The molecule has 4 N–H and O–H groups in total. The van der Waals surface area contributed by atoms with Gasteiger partial charge in [-0.3, -0.25) is 29.2 Å². The van der Waals surface area contributed by atoms with Gasteiger partial charge in [0.25, 0.3) is 5.91 Å². The quantitative estimate of drug-likeness (QED) is 0.123. The Labute approximate surface area is 404 Å². The van der Waals surface area contributed by atoms with E-state index in [2.05, 4.69) is 59.6 Å². The van der Waals surface area contributed by atoms with E-state index in [0.717, 1.165) is 44.5 Å². The number of likely N-dealkylation sites (N-methyl/N-ethyl adjacent to an activating group) is 2. The number of aromatic hydroxyl groups is 1. The van der Waals surface area contributed by atoms with Gasteiger partial charge in [0.15, 0.2) is 0 Å². The lowest BCUT2D eigenvalue weighted by atomic mass is 9.84. The van der Waals surface area contributed by atoms with Crippen LogP contribution < -0.4 is 16.1 Å². The molecule has 4 aliphatic rings. The third-order valence-corrected chi connectivity index (χ3v) is 14.3. The van der Waals surface area contributed by atoms with Crippen LogP contribution in [0, 0.1) is 11.3 Å². The average molecular weight is 948 g/mol. The van der Waals surface area contributed by atoms with E-state index >= 15 is 0 Å². The van der Waals surface area contributed by atoms with E-state index in [1.165, 1.54) is 9.91 Å². The van der Waals surface area contributed by atoms with E-state index in [9.17, 15) is 29.1 Å². The van der Waals surface area contributed by atoms with Crippen LogP contribution in [0.2, 0.25) is 0 Å².